The third-order valence-electron chi connectivity index (χ3n) is 15.0. The highest BCUT2D eigenvalue weighted by Gasteiger charge is 2.69. The fourth-order valence-electron chi connectivity index (χ4n) is 12.2. The van der Waals surface area contributed by atoms with Crippen LogP contribution in [-0.4, -0.2) is 70.5 Å². The van der Waals surface area contributed by atoms with E-state index < -0.39 is 0 Å². The van der Waals surface area contributed by atoms with Gasteiger partial charge in [-0.1, -0.05) is 59.8 Å². The van der Waals surface area contributed by atoms with Gasteiger partial charge in [0.2, 0.25) is 0 Å². The molecule has 0 aromatic heterocycles. The normalized spacial score (nSPS) is 42.2. The second kappa shape index (κ2) is 18.0. The van der Waals surface area contributed by atoms with Crippen molar-refractivity contribution in [2.24, 2.45) is 63.0 Å². The number of hydrogen-bond donors (Lipinski definition) is 3. The molecule has 5 rings (SSSR count). The maximum Gasteiger partial charge on any atom is 0.0637 e. The zero-order valence-corrected chi connectivity index (χ0v) is 31.7. The van der Waals surface area contributed by atoms with Crippen molar-refractivity contribution in [3.63, 3.8) is 0 Å². The average molecular weight is 676 g/mol. The van der Waals surface area contributed by atoms with Gasteiger partial charge in [-0.05, 0) is 144 Å². The Bertz CT molecular complexity index is 955. The van der Waals surface area contributed by atoms with Crippen LogP contribution in [0.5, 0.6) is 0 Å². The molecule has 0 radical (unpaired) electrons. The lowest BCUT2D eigenvalue weighted by Gasteiger charge is -2.66. The van der Waals surface area contributed by atoms with Crippen molar-refractivity contribution in [3.8, 4) is 0 Å². The van der Waals surface area contributed by atoms with Gasteiger partial charge in [0.15, 0.2) is 0 Å². The van der Waals surface area contributed by atoms with E-state index in [1.807, 2.05) is 0 Å². The van der Waals surface area contributed by atoms with Gasteiger partial charge in [0.1, 0.15) is 0 Å². The predicted octanol–water partition coefficient (Wildman–Crippen LogP) is 7.61. The van der Waals surface area contributed by atoms with E-state index in [1.54, 1.807) is 0 Å². The predicted molar refractivity (Wildman–Crippen MR) is 197 cm³/mol. The largest absolute Gasteiger partial charge is 0.378 e. The second-order valence-corrected chi connectivity index (χ2v) is 17.6. The van der Waals surface area contributed by atoms with Gasteiger partial charge in [-0.15, -0.1) is 0 Å². The molecular formula is C41H77N3O4. The molecule has 0 amide bonds. The molecule has 7 heteroatoms. The van der Waals surface area contributed by atoms with Gasteiger partial charge in [0.25, 0.3) is 0 Å². The Kier molecular flexibility index (Phi) is 14.6. The van der Waals surface area contributed by atoms with Crippen molar-refractivity contribution in [2.75, 3.05) is 46.1 Å². The van der Waals surface area contributed by atoms with Crippen LogP contribution in [0.25, 0.3) is 0 Å². The van der Waals surface area contributed by atoms with Gasteiger partial charge < -0.3 is 36.1 Å². The van der Waals surface area contributed by atoms with E-state index in [9.17, 15) is 0 Å². The lowest BCUT2D eigenvalue weighted by Crippen LogP contribution is -2.65. The van der Waals surface area contributed by atoms with Crippen LogP contribution < -0.4 is 17.2 Å². The van der Waals surface area contributed by atoms with Crippen LogP contribution in [0, 0.1) is 45.8 Å². The minimum absolute atomic E-state index is 0.119. The highest BCUT2D eigenvalue weighted by molar-refractivity contribution is 5.18. The SMILES string of the molecule is CCCCCCCCOC1CC[C@]1(C)[C@H]1CC[C@H]2C3C(OCCCN)CC4C[C@H](OCCCN)CC[C@]4(C)[C@H]3C[C@H](OCCCN)[C@@]21C. The van der Waals surface area contributed by atoms with E-state index in [0.29, 0.717) is 73.0 Å². The van der Waals surface area contributed by atoms with E-state index >= 15 is 0 Å². The van der Waals surface area contributed by atoms with Crippen molar-refractivity contribution in [1.29, 1.82) is 0 Å². The summed E-state index contributed by atoms with van der Waals surface area (Å²) >= 11 is 0. The van der Waals surface area contributed by atoms with Crippen LogP contribution in [-0.2, 0) is 18.9 Å². The molecule has 12 atom stereocenters. The van der Waals surface area contributed by atoms with Crippen LogP contribution in [0.3, 0.4) is 0 Å². The first-order chi connectivity index (χ1) is 23.3. The van der Waals surface area contributed by atoms with E-state index in [0.717, 1.165) is 65.0 Å². The van der Waals surface area contributed by atoms with Crippen molar-refractivity contribution in [3.05, 3.63) is 0 Å². The number of rotatable bonds is 21. The number of ether oxygens (including phenoxy) is 4. The smallest absolute Gasteiger partial charge is 0.0637 e. The minimum Gasteiger partial charge on any atom is -0.378 e. The molecule has 0 spiro atoms. The minimum atomic E-state index is 0.119. The summed E-state index contributed by atoms with van der Waals surface area (Å²) < 4.78 is 27.3. The summed E-state index contributed by atoms with van der Waals surface area (Å²) in [4.78, 5) is 0. The number of fused-ring (bicyclic) bond motifs is 5. The molecule has 5 fully saturated rings. The van der Waals surface area contributed by atoms with E-state index in [-0.39, 0.29) is 16.9 Å². The zero-order chi connectivity index (χ0) is 34.2. The summed E-state index contributed by atoms with van der Waals surface area (Å²) in [5.74, 6) is 3.03. The molecule has 0 saturated heterocycles. The van der Waals surface area contributed by atoms with Gasteiger partial charge in [-0.25, -0.2) is 0 Å². The fourth-order valence-corrected chi connectivity index (χ4v) is 12.2. The molecule has 0 heterocycles. The van der Waals surface area contributed by atoms with Gasteiger partial charge >= 0.3 is 0 Å². The molecule has 280 valence electrons. The van der Waals surface area contributed by atoms with Crippen LogP contribution in [0.2, 0.25) is 0 Å². The van der Waals surface area contributed by atoms with Gasteiger partial charge in [-0.3, -0.25) is 0 Å². The molecule has 0 aromatic rings. The number of nitrogens with two attached hydrogens (primary N) is 3. The molecule has 48 heavy (non-hydrogen) atoms. The Balaban J connectivity index is 1.37. The van der Waals surface area contributed by atoms with Crippen LogP contribution >= 0.6 is 0 Å². The Morgan fingerprint density at radius 3 is 1.88 bits per heavy atom. The monoisotopic (exact) mass is 676 g/mol. The molecule has 5 aliphatic carbocycles. The van der Waals surface area contributed by atoms with Gasteiger partial charge in [0, 0.05) is 31.8 Å². The first-order valence-corrected chi connectivity index (χ1v) is 20.8. The van der Waals surface area contributed by atoms with Crippen LogP contribution in [0.1, 0.15) is 143 Å². The second-order valence-electron chi connectivity index (χ2n) is 17.6. The van der Waals surface area contributed by atoms with E-state index in [1.165, 1.54) is 77.0 Å². The van der Waals surface area contributed by atoms with Crippen LogP contribution in [0.4, 0.5) is 0 Å². The average Bonchev–Trinajstić information content (AvgIpc) is 3.44. The van der Waals surface area contributed by atoms with Gasteiger partial charge in [0.05, 0.1) is 24.4 Å². The third kappa shape index (κ3) is 8.03. The summed E-state index contributed by atoms with van der Waals surface area (Å²) in [6.07, 6.45) is 23.0. The first-order valence-electron chi connectivity index (χ1n) is 20.8. The molecule has 6 N–H and O–H groups in total. The van der Waals surface area contributed by atoms with Gasteiger partial charge in [-0.2, -0.15) is 0 Å². The highest BCUT2D eigenvalue weighted by Crippen LogP contribution is 2.72. The molecule has 0 aromatic carbocycles. The Labute approximate surface area is 295 Å². The quantitative estimate of drug-likeness (QED) is 0.107. The Hall–Kier alpha value is -0.280. The molecular weight excluding hydrogens is 598 g/mol. The summed E-state index contributed by atoms with van der Waals surface area (Å²) in [5.41, 5.74) is 18.5. The highest BCUT2D eigenvalue weighted by atomic mass is 16.5. The first kappa shape index (κ1) is 38.9. The maximum atomic E-state index is 7.09. The molecule has 7 nitrogen and oxygen atoms in total. The summed E-state index contributed by atoms with van der Waals surface area (Å²) in [6.45, 7) is 15.5. The summed E-state index contributed by atoms with van der Waals surface area (Å²) in [7, 11) is 0. The van der Waals surface area contributed by atoms with E-state index in [4.69, 9.17) is 36.1 Å². The topological polar surface area (TPSA) is 115 Å². The van der Waals surface area contributed by atoms with Crippen molar-refractivity contribution in [1.82, 2.24) is 0 Å². The number of unbranched alkanes of at least 4 members (excludes halogenated alkanes) is 5. The summed E-state index contributed by atoms with van der Waals surface area (Å²) in [6, 6.07) is 0. The molecule has 5 aliphatic rings. The van der Waals surface area contributed by atoms with E-state index in [2.05, 4.69) is 27.7 Å². The molecule has 0 aliphatic heterocycles. The molecule has 4 unspecified atom stereocenters. The lowest BCUT2D eigenvalue weighted by atomic mass is 9.41. The van der Waals surface area contributed by atoms with Crippen molar-refractivity contribution >= 4 is 0 Å². The zero-order valence-electron chi connectivity index (χ0n) is 31.7. The molecule has 0 bridgehead atoms. The van der Waals surface area contributed by atoms with Crippen molar-refractivity contribution in [2.45, 2.75) is 168 Å². The van der Waals surface area contributed by atoms with Crippen LogP contribution in [0.15, 0.2) is 0 Å². The summed E-state index contributed by atoms with van der Waals surface area (Å²) in [5, 5.41) is 0. The standard InChI is InChI=1S/C41H77N3O4/c1-5-6-7-8-9-10-23-47-36-17-19-40(36,3)35-15-14-32-38-33(29-37(41(32,35)4)48-26-13-22-44)39(2)18-16-31(45-24-11-20-42)27-30(39)28-34(38)46-25-12-21-43/h30-38H,5-29,42-44H2,1-4H3/t30?,31-,32+,33+,34?,35-,36?,37+,38?,39+,40-,41+/m1/s1. The maximum absolute atomic E-state index is 7.09. The third-order valence-corrected chi connectivity index (χ3v) is 15.0. The molecule has 5 saturated carbocycles. The lowest BCUT2D eigenvalue weighted by molar-refractivity contribution is -0.244. The fraction of sp³-hybridized carbons (Fsp3) is 1.00. The van der Waals surface area contributed by atoms with Crippen molar-refractivity contribution < 1.29 is 18.9 Å². The Morgan fingerprint density at radius 1 is 0.562 bits per heavy atom. The number of hydrogen-bond acceptors (Lipinski definition) is 7. The Morgan fingerprint density at radius 2 is 1.19 bits per heavy atom.